The predicted molar refractivity (Wildman–Crippen MR) is 61.6 cm³/mol. The van der Waals surface area contributed by atoms with E-state index in [0.717, 1.165) is 4.90 Å². The summed E-state index contributed by atoms with van der Waals surface area (Å²) in [4.78, 5) is 12.6. The molecule has 1 aromatic heterocycles. The summed E-state index contributed by atoms with van der Waals surface area (Å²) < 4.78 is 41.5. The van der Waals surface area contributed by atoms with E-state index in [2.05, 4.69) is 20.3 Å². The van der Waals surface area contributed by atoms with Gasteiger partial charge in [0.2, 0.25) is 5.91 Å². The minimum absolute atomic E-state index is 0.113. The van der Waals surface area contributed by atoms with Crippen LogP contribution in [0, 0.1) is 0 Å². The van der Waals surface area contributed by atoms with E-state index in [1.54, 1.807) is 7.05 Å². The van der Waals surface area contributed by atoms with Crippen LogP contribution in [0.3, 0.4) is 0 Å². The Morgan fingerprint density at radius 3 is 2.79 bits per heavy atom. The number of likely N-dealkylation sites (N-methyl/N-ethyl adjacent to an activating group) is 1. The molecule has 0 bridgehead atoms. The number of nitrogens with zero attached hydrogens (tertiary/aromatic N) is 2. The number of nitrogens with one attached hydrogen (secondary N) is 2. The maximum Gasteiger partial charge on any atom is 0.401 e. The highest BCUT2D eigenvalue weighted by Crippen LogP contribution is 2.16. The summed E-state index contributed by atoms with van der Waals surface area (Å²) in [7, 11) is 1.63. The maximum atomic E-state index is 12.3. The zero-order valence-electron chi connectivity index (χ0n) is 10.3. The monoisotopic (exact) mass is 280 g/mol. The zero-order valence-corrected chi connectivity index (χ0v) is 10.3. The Morgan fingerprint density at radius 1 is 1.53 bits per heavy atom. The van der Waals surface area contributed by atoms with Gasteiger partial charge < -0.3 is 15.2 Å². The summed E-state index contributed by atoms with van der Waals surface area (Å²) >= 11 is 0. The molecule has 1 rings (SSSR count). The topological polar surface area (TPSA) is 70.4 Å². The van der Waals surface area contributed by atoms with Crippen molar-refractivity contribution < 1.29 is 22.5 Å². The van der Waals surface area contributed by atoms with Crippen molar-refractivity contribution in [1.29, 1.82) is 0 Å². The van der Waals surface area contributed by atoms with Gasteiger partial charge in [-0.2, -0.15) is 13.2 Å². The van der Waals surface area contributed by atoms with Gasteiger partial charge in [-0.3, -0.25) is 9.69 Å². The molecule has 108 valence electrons. The van der Waals surface area contributed by atoms with Crippen molar-refractivity contribution in [3.05, 3.63) is 12.3 Å². The Kier molecular flexibility index (Phi) is 5.77. The van der Waals surface area contributed by atoms with Gasteiger partial charge in [-0.1, -0.05) is 5.16 Å². The number of alkyl halides is 3. The van der Waals surface area contributed by atoms with Gasteiger partial charge in [0.25, 0.3) is 0 Å². The molecule has 9 heteroatoms. The van der Waals surface area contributed by atoms with Crippen molar-refractivity contribution in [2.45, 2.75) is 6.18 Å². The summed E-state index contributed by atoms with van der Waals surface area (Å²) in [6.07, 6.45) is -3.09. The maximum absolute atomic E-state index is 12.3. The molecule has 0 atom stereocenters. The van der Waals surface area contributed by atoms with E-state index in [4.69, 9.17) is 0 Å². The average Bonchev–Trinajstić information content (AvgIpc) is 2.76. The number of hydrogen-bond acceptors (Lipinski definition) is 5. The van der Waals surface area contributed by atoms with Crippen LogP contribution in [0.5, 0.6) is 0 Å². The van der Waals surface area contributed by atoms with Gasteiger partial charge in [-0.15, -0.1) is 0 Å². The Bertz CT molecular complexity index is 381. The molecule has 1 aromatic rings. The first kappa shape index (κ1) is 15.4. The number of rotatable bonds is 7. The first-order valence-corrected chi connectivity index (χ1v) is 5.54. The highest BCUT2D eigenvalue weighted by Gasteiger charge is 2.31. The second-order valence-corrected chi connectivity index (χ2v) is 3.86. The molecule has 1 heterocycles. The summed E-state index contributed by atoms with van der Waals surface area (Å²) in [5.41, 5.74) is 0. The Hall–Kier alpha value is -1.61. The SMILES string of the molecule is CNCCN(CC(=O)Nc1ccon1)CC(F)(F)F. The number of aromatic nitrogens is 1. The molecule has 0 aromatic carbocycles. The van der Waals surface area contributed by atoms with Gasteiger partial charge >= 0.3 is 6.18 Å². The van der Waals surface area contributed by atoms with Crippen molar-refractivity contribution >= 4 is 11.7 Å². The largest absolute Gasteiger partial charge is 0.401 e. The van der Waals surface area contributed by atoms with Gasteiger partial charge in [0.15, 0.2) is 5.82 Å². The molecule has 0 radical (unpaired) electrons. The summed E-state index contributed by atoms with van der Waals surface area (Å²) in [5.74, 6) is -0.403. The number of halogens is 3. The van der Waals surface area contributed by atoms with Crippen LogP contribution in [0.1, 0.15) is 0 Å². The van der Waals surface area contributed by atoms with E-state index >= 15 is 0 Å². The second-order valence-electron chi connectivity index (χ2n) is 3.86. The minimum Gasteiger partial charge on any atom is -0.363 e. The highest BCUT2D eigenvalue weighted by atomic mass is 19.4. The van der Waals surface area contributed by atoms with Crippen molar-refractivity contribution in [1.82, 2.24) is 15.4 Å². The fourth-order valence-electron chi connectivity index (χ4n) is 1.40. The van der Waals surface area contributed by atoms with Crippen LogP contribution in [0.2, 0.25) is 0 Å². The van der Waals surface area contributed by atoms with Crippen LogP contribution in [0.15, 0.2) is 16.9 Å². The van der Waals surface area contributed by atoms with Crippen LogP contribution in [0.25, 0.3) is 0 Å². The number of hydrogen-bond donors (Lipinski definition) is 2. The molecule has 0 aliphatic rings. The number of amides is 1. The minimum atomic E-state index is -4.35. The van der Waals surface area contributed by atoms with Crippen molar-refractivity contribution in [3.8, 4) is 0 Å². The van der Waals surface area contributed by atoms with E-state index < -0.39 is 18.6 Å². The Labute approximate surface area is 107 Å². The third kappa shape index (κ3) is 6.77. The lowest BCUT2D eigenvalue weighted by molar-refractivity contribution is -0.147. The third-order valence-electron chi connectivity index (χ3n) is 2.15. The average molecular weight is 280 g/mol. The molecule has 0 aliphatic heterocycles. The van der Waals surface area contributed by atoms with Gasteiger partial charge in [0.1, 0.15) is 6.26 Å². The number of carbonyl (C=O) groups excluding carboxylic acids is 1. The summed E-state index contributed by atoms with van der Waals surface area (Å²) in [6.45, 7) is -1.04. The van der Waals surface area contributed by atoms with E-state index in [1.807, 2.05) is 0 Å². The second kappa shape index (κ2) is 7.10. The van der Waals surface area contributed by atoms with Crippen LogP contribution in [-0.2, 0) is 4.79 Å². The molecule has 1 amide bonds. The molecule has 0 fully saturated rings. The van der Waals surface area contributed by atoms with Gasteiger partial charge in [0.05, 0.1) is 13.1 Å². The van der Waals surface area contributed by atoms with E-state index in [0.29, 0.717) is 6.54 Å². The molecule has 0 aliphatic carbocycles. The molecule has 0 saturated carbocycles. The normalized spacial score (nSPS) is 11.8. The van der Waals surface area contributed by atoms with Crippen molar-refractivity contribution in [2.75, 3.05) is 38.5 Å². The van der Waals surface area contributed by atoms with Crippen LogP contribution >= 0.6 is 0 Å². The quantitative estimate of drug-likeness (QED) is 0.769. The lowest BCUT2D eigenvalue weighted by atomic mass is 10.4. The fraction of sp³-hybridized carbons (Fsp3) is 0.600. The standard InChI is InChI=1S/C10H15F3N4O2/c1-14-3-4-17(7-10(11,12)13)6-9(18)15-8-2-5-19-16-8/h2,5,14H,3-4,6-7H2,1H3,(H,15,16,18). The Morgan fingerprint density at radius 2 is 2.26 bits per heavy atom. The molecular weight excluding hydrogens is 265 g/mol. The molecule has 0 saturated heterocycles. The van der Waals surface area contributed by atoms with E-state index in [1.165, 1.54) is 12.3 Å². The summed E-state index contributed by atoms with van der Waals surface area (Å²) in [5, 5.41) is 8.52. The zero-order chi connectivity index (χ0) is 14.3. The van der Waals surface area contributed by atoms with Crippen molar-refractivity contribution in [2.24, 2.45) is 0 Å². The molecular formula is C10H15F3N4O2. The smallest absolute Gasteiger partial charge is 0.363 e. The number of anilines is 1. The van der Waals surface area contributed by atoms with Crippen LogP contribution < -0.4 is 10.6 Å². The lowest BCUT2D eigenvalue weighted by Gasteiger charge is -2.22. The van der Waals surface area contributed by atoms with Gasteiger partial charge in [-0.25, -0.2) is 0 Å². The first-order chi connectivity index (χ1) is 8.90. The lowest BCUT2D eigenvalue weighted by Crippen LogP contribution is -2.42. The van der Waals surface area contributed by atoms with Crippen LogP contribution in [-0.4, -0.2) is 55.4 Å². The van der Waals surface area contributed by atoms with Crippen molar-refractivity contribution in [3.63, 3.8) is 0 Å². The molecule has 0 unspecified atom stereocenters. The molecule has 6 nitrogen and oxygen atoms in total. The summed E-state index contributed by atoms with van der Waals surface area (Å²) in [6, 6.07) is 1.40. The first-order valence-electron chi connectivity index (χ1n) is 5.54. The van der Waals surface area contributed by atoms with Crippen LogP contribution in [0.4, 0.5) is 19.0 Å². The van der Waals surface area contributed by atoms with E-state index in [-0.39, 0.29) is 18.9 Å². The van der Waals surface area contributed by atoms with Gasteiger partial charge in [-0.05, 0) is 7.05 Å². The fourth-order valence-corrected chi connectivity index (χ4v) is 1.40. The Balaban J connectivity index is 2.48. The number of carbonyl (C=O) groups is 1. The molecule has 2 N–H and O–H groups in total. The van der Waals surface area contributed by atoms with E-state index in [9.17, 15) is 18.0 Å². The third-order valence-corrected chi connectivity index (χ3v) is 2.15. The highest BCUT2D eigenvalue weighted by molar-refractivity contribution is 5.91. The predicted octanol–water partition coefficient (Wildman–Crippen LogP) is 0.697. The molecule has 0 spiro atoms. The molecule has 19 heavy (non-hydrogen) atoms. The van der Waals surface area contributed by atoms with Gasteiger partial charge in [0, 0.05) is 19.2 Å².